The van der Waals surface area contributed by atoms with Crippen molar-refractivity contribution >= 4 is 11.9 Å². The van der Waals surface area contributed by atoms with E-state index in [4.69, 9.17) is 4.74 Å². The number of carboxylic acids is 1. The second-order valence-corrected chi connectivity index (χ2v) is 10.3. The predicted octanol–water partition coefficient (Wildman–Crippen LogP) is 8.68. The van der Waals surface area contributed by atoms with Crippen molar-refractivity contribution in [3.63, 3.8) is 0 Å². The molecule has 1 unspecified atom stereocenters. The zero-order valence-corrected chi connectivity index (χ0v) is 21.6. The summed E-state index contributed by atoms with van der Waals surface area (Å²) in [6.45, 7) is 8.71. The number of carboxylic acid groups (broad SMARTS) is 1. The number of carbonyl (C=O) groups is 2. The maximum absolute atomic E-state index is 12.6. The molecule has 188 valence electrons. The van der Waals surface area contributed by atoms with Crippen LogP contribution in [0.1, 0.15) is 138 Å². The molecule has 0 saturated heterocycles. The Balaban J connectivity index is 2.14. The van der Waals surface area contributed by atoms with E-state index in [1.807, 2.05) is 13.8 Å². The van der Waals surface area contributed by atoms with Crippen LogP contribution >= 0.6 is 0 Å². The summed E-state index contributed by atoms with van der Waals surface area (Å²) in [6.07, 6.45) is 17.7. The summed E-state index contributed by atoms with van der Waals surface area (Å²) >= 11 is 0. The Bertz CT molecular complexity index is 665. The predicted molar refractivity (Wildman–Crippen MR) is 137 cm³/mol. The standard InChI is InChI=1S/C29H48O4/c1-23(2)19-15-13-11-9-7-5-6-8-10-12-14-16-22-27(24(3)4)33-29(32)26-21-18-17-20-25(26)28(30)31/h17-18,20-21,23-24,27H,5-16,19,22H2,1-4H3,(H,30,31). The van der Waals surface area contributed by atoms with Crippen LogP contribution in [-0.2, 0) is 4.74 Å². The second-order valence-electron chi connectivity index (χ2n) is 10.3. The van der Waals surface area contributed by atoms with Crippen LogP contribution in [0.3, 0.4) is 0 Å². The number of carbonyl (C=O) groups excluding carboxylic acids is 1. The minimum absolute atomic E-state index is 0.00358. The number of aromatic carboxylic acids is 1. The number of ether oxygens (including phenoxy) is 1. The van der Waals surface area contributed by atoms with Gasteiger partial charge >= 0.3 is 11.9 Å². The molecular weight excluding hydrogens is 412 g/mol. The van der Waals surface area contributed by atoms with Crippen LogP contribution in [0.4, 0.5) is 0 Å². The summed E-state index contributed by atoms with van der Waals surface area (Å²) in [6, 6.07) is 6.25. The van der Waals surface area contributed by atoms with Crippen molar-refractivity contribution < 1.29 is 19.4 Å². The molecule has 1 atom stereocenters. The van der Waals surface area contributed by atoms with E-state index >= 15 is 0 Å². The van der Waals surface area contributed by atoms with E-state index in [1.54, 1.807) is 12.1 Å². The first-order valence-corrected chi connectivity index (χ1v) is 13.4. The van der Waals surface area contributed by atoms with Gasteiger partial charge in [-0.15, -0.1) is 0 Å². The monoisotopic (exact) mass is 460 g/mol. The molecule has 0 saturated carbocycles. The first-order valence-electron chi connectivity index (χ1n) is 13.4. The van der Waals surface area contributed by atoms with E-state index in [1.165, 1.54) is 82.8 Å². The van der Waals surface area contributed by atoms with Crippen LogP contribution < -0.4 is 0 Å². The molecule has 0 aromatic heterocycles. The molecule has 4 nitrogen and oxygen atoms in total. The fourth-order valence-electron chi connectivity index (χ4n) is 4.24. The summed E-state index contributed by atoms with van der Waals surface area (Å²) in [4.78, 5) is 23.9. The Morgan fingerprint density at radius 2 is 1.12 bits per heavy atom. The molecule has 0 aliphatic heterocycles. The summed E-state index contributed by atoms with van der Waals surface area (Å²) in [5.41, 5.74) is 0.127. The summed E-state index contributed by atoms with van der Waals surface area (Å²) in [7, 11) is 0. The zero-order chi connectivity index (χ0) is 24.5. The van der Waals surface area contributed by atoms with Crippen molar-refractivity contribution in [3.8, 4) is 0 Å². The second kappa shape index (κ2) is 17.6. The third-order valence-corrected chi connectivity index (χ3v) is 6.40. The van der Waals surface area contributed by atoms with Gasteiger partial charge in [-0.3, -0.25) is 0 Å². The number of esters is 1. The highest BCUT2D eigenvalue weighted by Gasteiger charge is 2.22. The largest absolute Gasteiger partial charge is 0.478 e. The SMILES string of the molecule is CC(C)CCCCCCCCCCCCCCC(OC(=O)c1ccccc1C(=O)O)C(C)C. The Labute approximate surface area is 202 Å². The lowest BCUT2D eigenvalue weighted by molar-refractivity contribution is 0.0147. The van der Waals surface area contributed by atoms with Crippen molar-refractivity contribution in [1.82, 2.24) is 0 Å². The molecule has 1 aromatic rings. The van der Waals surface area contributed by atoms with Crippen LogP contribution in [0.5, 0.6) is 0 Å². The van der Waals surface area contributed by atoms with Gasteiger partial charge in [0.15, 0.2) is 0 Å². The minimum atomic E-state index is -1.11. The molecule has 0 radical (unpaired) electrons. The maximum atomic E-state index is 12.6. The van der Waals surface area contributed by atoms with Crippen molar-refractivity contribution in [2.45, 2.75) is 124 Å². The zero-order valence-electron chi connectivity index (χ0n) is 21.6. The van der Waals surface area contributed by atoms with Gasteiger partial charge in [0.1, 0.15) is 6.10 Å². The van der Waals surface area contributed by atoms with Crippen LogP contribution in [0.2, 0.25) is 0 Å². The van der Waals surface area contributed by atoms with Gasteiger partial charge < -0.3 is 9.84 Å². The lowest BCUT2D eigenvalue weighted by atomic mass is 9.99. The van der Waals surface area contributed by atoms with E-state index in [0.29, 0.717) is 0 Å². The number of hydrogen-bond donors (Lipinski definition) is 1. The Morgan fingerprint density at radius 1 is 0.697 bits per heavy atom. The molecule has 1 rings (SSSR count). The summed E-state index contributed by atoms with van der Waals surface area (Å²) in [5.74, 6) is -0.592. The smallest absolute Gasteiger partial charge is 0.339 e. The topological polar surface area (TPSA) is 63.6 Å². The van der Waals surface area contributed by atoms with E-state index in [2.05, 4.69) is 13.8 Å². The van der Waals surface area contributed by atoms with E-state index in [0.717, 1.165) is 25.2 Å². The average molecular weight is 461 g/mol. The van der Waals surface area contributed by atoms with Crippen LogP contribution in [0, 0.1) is 11.8 Å². The third-order valence-electron chi connectivity index (χ3n) is 6.40. The number of benzene rings is 1. The van der Waals surface area contributed by atoms with Gasteiger partial charge in [0.25, 0.3) is 0 Å². The molecule has 0 aliphatic carbocycles. The van der Waals surface area contributed by atoms with Crippen molar-refractivity contribution in [3.05, 3.63) is 35.4 Å². The molecule has 4 heteroatoms. The molecule has 33 heavy (non-hydrogen) atoms. The van der Waals surface area contributed by atoms with E-state index in [-0.39, 0.29) is 23.1 Å². The highest BCUT2D eigenvalue weighted by atomic mass is 16.5. The summed E-state index contributed by atoms with van der Waals surface area (Å²) in [5, 5.41) is 9.30. The van der Waals surface area contributed by atoms with Crippen molar-refractivity contribution in [2.24, 2.45) is 11.8 Å². The van der Waals surface area contributed by atoms with Gasteiger partial charge in [-0.25, -0.2) is 9.59 Å². The normalized spacial score (nSPS) is 12.3. The lowest BCUT2D eigenvalue weighted by Crippen LogP contribution is -2.24. The number of unbranched alkanes of at least 4 members (excludes halogenated alkanes) is 11. The molecule has 0 fully saturated rings. The van der Waals surface area contributed by atoms with Gasteiger partial charge in [0.2, 0.25) is 0 Å². The van der Waals surface area contributed by atoms with Crippen LogP contribution in [0.25, 0.3) is 0 Å². The third kappa shape index (κ3) is 13.5. The number of hydrogen-bond acceptors (Lipinski definition) is 3. The molecule has 1 N–H and O–H groups in total. The fraction of sp³-hybridized carbons (Fsp3) is 0.724. The van der Waals surface area contributed by atoms with Gasteiger partial charge in [0.05, 0.1) is 11.1 Å². The molecule has 0 aliphatic rings. The van der Waals surface area contributed by atoms with Gasteiger partial charge in [0, 0.05) is 0 Å². The first kappa shape index (κ1) is 29.2. The first-order chi connectivity index (χ1) is 15.8. The van der Waals surface area contributed by atoms with Crippen LogP contribution in [-0.4, -0.2) is 23.1 Å². The molecule has 0 heterocycles. The fourth-order valence-corrected chi connectivity index (χ4v) is 4.24. The van der Waals surface area contributed by atoms with Gasteiger partial charge in [-0.05, 0) is 36.8 Å². The highest BCUT2D eigenvalue weighted by molar-refractivity contribution is 6.02. The molecule has 0 bridgehead atoms. The molecule has 0 amide bonds. The maximum Gasteiger partial charge on any atom is 0.339 e. The molecule has 1 aromatic carbocycles. The average Bonchev–Trinajstić information content (AvgIpc) is 2.77. The Kier molecular flexibility index (Phi) is 15.6. The van der Waals surface area contributed by atoms with Crippen LogP contribution in [0.15, 0.2) is 24.3 Å². The molecule has 0 spiro atoms. The van der Waals surface area contributed by atoms with E-state index < -0.39 is 11.9 Å². The Hall–Kier alpha value is -1.84. The van der Waals surface area contributed by atoms with E-state index in [9.17, 15) is 14.7 Å². The highest BCUT2D eigenvalue weighted by Crippen LogP contribution is 2.20. The van der Waals surface area contributed by atoms with Crippen molar-refractivity contribution in [1.29, 1.82) is 0 Å². The van der Waals surface area contributed by atoms with Crippen molar-refractivity contribution in [2.75, 3.05) is 0 Å². The van der Waals surface area contributed by atoms with Gasteiger partial charge in [-0.2, -0.15) is 0 Å². The quantitative estimate of drug-likeness (QED) is 0.166. The number of rotatable bonds is 19. The summed E-state index contributed by atoms with van der Waals surface area (Å²) < 4.78 is 5.71. The van der Waals surface area contributed by atoms with Gasteiger partial charge in [-0.1, -0.05) is 117 Å². The molecular formula is C29H48O4. The minimum Gasteiger partial charge on any atom is -0.478 e. The Morgan fingerprint density at radius 3 is 1.55 bits per heavy atom. The lowest BCUT2D eigenvalue weighted by Gasteiger charge is -2.22.